The SMILES string of the molecule is Brc1ccc(/C=N/C(/N=C/c2ccc(Br)cc2)c2ccc(Br)cc2)cc1. The highest BCUT2D eigenvalue weighted by molar-refractivity contribution is 9.11. The van der Waals surface area contributed by atoms with E-state index in [1.807, 2.05) is 85.2 Å². The first-order valence-electron chi connectivity index (χ1n) is 7.93. The van der Waals surface area contributed by atoms with Gasteiger partial charge in [-0.2, -0.15) is 0 Å². The van der Waals surface area contributed by atoms with Crippen LogP contribution in [0.3, 0.4) is 0 Å². The number of rotatable bonds is 5. The Morgan fingerprint density at radius 3 is 1.27 bits per heavy atom. The second-order valence-electron chi connectivity index (χ2n) is 5.58. The predicted octanol–water partition coefficient (Wildman–Crippen LogP) is 7.21. The Labute approximate surface area is 178 Å². The number of halogens is 3. The summed E-state index contributed by atoms with van der Waals surface area (Å²) >= 11 is 10.4. The van der Waals surface area contributed by atoms with Gasteiger partial charge in [-0.3, -0.25) is 9.98 Å². The van der Waals surface area contributed by atoms with E-state index in [-0.39, 0.29) is 6.17 Å². The van der Waals surface area contributed by atoms with E-state index in [1.165, 1.54) is 0 Å². The first kappa shape index (κ1) is 19.2. The number of hydrogen-bond acceptors (Lipinski definition) is 2. The summed E-state index contributed by atoms with van der Waals surface area (Å²) in [5.41, 5.74) is 3.11. The molecule has 2 nitrogen and oxygen atoms in total. The molecular weight excluding hydrogens is 520 g/mol. The Hall–Kier alpha value is -1.56. The molecule has 3 rings (SSSR count). The zero-order chi connectivity index (χ0) is 18.4. The molecule has 0 N–H and O–H groups in total. The van der Waals surface area contributed by atoms with Crippen molar-refractivity contribution in [2.45, 2.75) is 6.17 Å². The van der Waals surface area contributed by atoms with Gasteiger partial charge in [0.15, 0.2) is 6.17 Å². The maximum atomic E-state index is 4.69. The number of hydrogen-bond donors (Lipinski definition) is 0. The first-order valence-corrected chi connectivity index (χ1v) is 10.3. The molecule has 5 heteroatoms. The van der Waals surface area contributed by atoms with Crippen molar-refractivity contribution in [2.24, 2.45) is 9.98 Å². The van der Waals surface area contributed by atoms with Crippen LogP contribution in [0.1, 0.15) is 22.9 Å². The highest BCUT2D eigenvalue weighted by Gasteiger charge is 2.06. The van der Waals surface area contributed by atoms with Gasteiger partial charge >= 0.3 is 0 Å². The largest absolute Gasteiger partial charge is 0.261 e. The fourth-order valence-corrected chi connectivity index (χ4v) is 3.05. The summed E-state index contributed by atoms with van der Waals surface area (Å²) in [6, 6.07) is 24.2. The summed E-state index contributed by atoms with van der Waals surface area (Å²) in [5, 5.41) is 0. The fourth-order valence-electron chi connectivity index (χ4n) is 2.26. The van der Waals surface area contributed by atoms with E-state index in [9.17, 15) is 0 Å². The van der Waals surface area contributed by atoms with Crippen LogP contribution in [0, 0.1) is 0 Å². The standard InChI is InChI=1S/C21H15Br3N2/c22-18-7-1-15(2-8-18)13-25-21(17-5-11-20(24)12-6-17)26-14-16-3-9-19(23)10-4-16/h1-14,21H/b25-13+,26-14+. The Morgan fingerprint density at radius 1 is 0.538 bits per heavy atom. The van der Waals surface area contributed by atoms with E-state index < -0.39 is 0 Å². The lowest BCUT2D eigenvalue weighted by Crippen LogP contribution is -1.95. The molecule has 130 valence electrons. The van der Waals surface area contributed by atoms with Gasteiger partial charge in [-0.25, -0.2) is 0 Å². The Morgan fingerprint density at radius 2 is 0.885 bits per heavy atom. The van der Waals surface area contributed by atoms with Gasteiger partial charge in [-0.05, 0) is 53.1 Å². The summed E-state index contributed by atoms with van der Waals surface area (Å²) in [4.78, 5) is 9.39. The Kier molecular flexibility index (Phi) is 6.94. The number of benzene rings is 3. The zero-order valence-corrected chi connectivity index (χ0v) is 18.4. The quantitative estimate of drug-likeness (QED) is 0.309. The molecule has 0 bridgehead atoms. The molecule has 3 aromatic rings. The summed E-state index contributed by atoms with van der Waals surface area (Å²) in [6.07, 6.45) is 3.42. The molecule has 0 aliphatic carbocycles. The number of nitrogens with zero attached hydrogens (tertiary/aromatic N) is 2. The van der Waals surface area contributed by atoms with Crippen LogP contribution in [0.5, 0.6) is 0 Å². The molecule has 0 fully saturated rings. The van der Waals surface area contributed by atoms with Crippen molar-refractivity contribution in [3.63, 3.8) is 0 Å². The van der Waals surface area contributed by atoms with E-state index in [0.717, 1.165) is 30.1 Å². The second-order valence-corrected chi connectivity index (χ2v) is 8.33. The topological polar surface area (TPSA) is 24.7 Å². The molecule has 26 heavy (non-hydrogen) atoms. The van der Waals surface area contributed by atoms with Crippen LogP contribution in [0.25, 0.3) is 0 Å². The molecular formula is C21H15Br3N2. The van der Waals surface area contributed by atoms with Crippen LogP contribution >= 0.6 is 47.8 Å². The van der Waals surface area contributed by atoms with E-state index in [4.69, 9.17) is 9.98 Å². The molecule has 0 amide bonds. The van der Waals surface area contributed by atoms with Gasteiger partial charge in [-0.1, -0.05) is 84.2 Å². The third-order valence-electron chi connectivity index (χ3n) is 3.64. The van der Waals surface area contributed by atoms with Crippen molar-refractivity contribution >= 4 is 60.2 Å². The minimum atomic E-state index is -0.296. The minimum Gasteiger partial charge on any atom is -0.261 e. The summed E-state index contributed by atoms with van der Waals surface area (Å²) in [6.45, 7) is 0. The normalized spacial score (nSPS) is 11.7. The predicted molar refractivity (Wildman–Crippen MR) is 120 cm³/mol. The van der Waals surface area contributed by atoms with Crippen LogP contribution < -0.4 is 0 Å². The smallest absolute Gasteiger partial charge is 0.165 e. The molecule has 0 spiro atoms. The van der Waals surface area contributed by atoms with Crippen molar-refractivity contribution in [1.29, 1.82) is 0 Å². The Balaban J connectivity index is 1.86. The molecule has 3 aromatic carbocycles. The highest BCUT2D eigenvalue weighted by atomic mass is 79.9. The first-order chi connectivity index (χ1) is 12.6. The molecule has 0 atom stereocenters. The minimum absolute atomic E-state index is 0.296. The van der Waals surface area contributed by atoms with E-state index in [2.05, 4.69) is 47.8 Å². The van der Waals surface area contributed by atoms with E-state index in [1.54, 1.807) is 0 Å². The lowest BCUT2D eigenvalue weighted by atomic mass is 10.1. The van der Waals surface area contributed by atoms with Crippen LogP contribution in [-0.4, -0.2) is 12.4 Å². The van der Waals surface area contributed by atoms with Crippen LogP contribution in [0.2, 0.25) is 0 Å². The summed E-state index contributed by atoms with van der Waals surface area (Å²) in [7, 11) is 0. The zero-order valence-electron chi connectivity index (χ0n) is 13.7. The summed E-state index contributed by atoms with van der Waals surface area (Å²) < 4.78 is 3.13. The van der Waals surface area contributed by atoms with Gasteiger partial charge in [-0.15, -0.1) is 0 Å². The number of aliphatic imine (C=N–C) groups is 2. The van der Waals surface area contributed by atoms with Crippen LogP contribution in [-0.2, 0) is 0 Å². The third-order valence-corrected chi connectivity index (χ3v) is 5.22. The molecule has 0 radical (unpaired) electrons. The monoisotopic (exact) mass is 532 g/mol. The third kappa shape index (κ3) is 5.73. The molecule has 0 aliphatic heterocycles. The average molecular weight is 535 g/mol. The fraction of sp³-hybridized carbons (Fsp3) is 0.0476. The van der Waals surface area contributed by atoms with Gasteiger partial charge in [0.05, 0.1) is 0 Å². The maximum absolute atomic E-state index is 4.69. The lowest BCUT2D eigenvalue weighted by molar-refractivity contribution is 0.787. The van der Waals surface area contributed by atoms with Gasteiger partial charge in [0, 0.05) is 25.8 Å². The Bertz CT molecular complexity index is 844. The summed E-state index contributed by atoms with van der Waals surface area (Å²) in [5.74, 6) is 0. The van der Waals surface area contributed by atoms with Crippen molar-refractivity contribution in [3.05, 3.63) is 103 Å². The maximum Gasteiger partial charge on any atom is 0.165 e. The molecule has 0 aromatic heterocycles. The second kappa shape index (κ2) is 9.40. The van der Waals surface area contributed by atoms with Gasteiger partial charge in [0.25, 0.3) is 0 Å². The molecule has 0 saturated carbocycles. The molecule has 0 heterocycles. The molecule has 0 unspecified atom stereocenters. The van der Waals surface area contributed by atoms with Crippen molar-refractivity contribution < 1.29 is 0 Å². The molecule has 0 aliphatic rings. The van der Waals surface area contributed by atoms with Crippen LogP contribution in [0.15, 0.2) is 96.2 Å². The van der Waals surface area contributed by atoms with Gasteiger partial charge in [0.2, 0.25) is 0 Å². The van der Waals surface area contributed by atoms with E-state index in [0.29, 0.717) is 0 Å². The van der Waals surface area contributed by atoms with Crippen LogP contribution in [0.4, 0.5) is 0 Å². The van der Waals surface area contributed by atoms with Crippen molar-refractivity contribution in [1.82, 2.24) is 0 Å². The lowest BCUT2D eigenvalue weighted by Gasteiger charge is -2.08. The van der Waals surface area contributed by atoms with E-state index >= 15 is 0 Å². The van der Waals surface area contributed by atoms with Crippen molar-refractivity contribution in [2.75, 3.05) is 0 Å². The van der Waals surface area contributed by atoms with Crippen molar-refractivity contribution in [3.8, 4) is 0 Å². The highest BCUT2D eigenvalue weighted by Crippen LogP contribution is 2.22. The van der Waals surface area contributed by atoms with Gasteiger partial charge < -0.3 is 0 Å². The average Bonchev–Trinajstić information content (AvgIpc) is 2.65. The van der Waals surface area contributed by atoms with Gasteiger partial charge in [0.1, 0.15) is 0 Å². The molecule has 0 saturated heterocycles.